The number of aromatic nitrogens is 1. The number of fused-ring (bicyclic) bond motifs is 2. The predicted octanol–water partition coefficient (Wildman–Crippen LogP) is 5.17. The first kappa shape index (κ1) is 16.9. The molecule has 1 aromatic carbocycles. The van der Waals surface area contributed by atoms with E-state index in [-0.39, 0.29) is 5.43 Å². The Bertz CT molecular complexity index is 835. The number of rotatable bonds is 7. The van der Waals surface area contributed by atoms with Gasteiger partial charge in [0.25, 0.3) is 0 Å². The van der Waals surface area contributed by atoms with Crippen LogP contribution in [0.1, 0.15) is 39.5 Å². The molecule has 0 aromatic heterocycles. The molecule has 126 valence electrons. The van der Waals surface area contributed by atoms with Crippen molar-refractivity contribution in [2.24, 2.45) is 0 Å². The molecule has 1 heterocycles. The van der Waals surface area contributed by atoms with Crippen molar-refractivity contribution in [3.63, 3.8) is 0 Å². The van der Waals surface area contributed by atoms with Gasteiger partial charge in [0.05, 0.1) is 20.8 Å². The van der Waals surface area contributed by atoms with Crippen LogP contribution in [-0.4, -0.2) is 18.1 Å². The van der Waals surface area contributed by atoms with Crippen molar-refractivity contribution < 1.29 is 0 Å². The van der Waals surface area contributed by atoms with Crippen molar-refractivity contribution in [2.45, 2.75) is 39.5 Å². The van der Waals surface area contributed by atoms with Gasteiger partial charge >= 0.3 is 0 Å². The number of benzene rings is 2. The Morgan fingerprint density at radius 3 is 2.46 bits per heavy atom. The van der Waals surface area contributed by atoms with Gasteiger partial charge in [0.2, 0.25) is 0 Å². The highest BCUT2D eigenvalue weighted by Crippen LogP contribution is 2.32. The summed E-state index contributed by atoms with van der Waals surface area (Å²) in [6.45, 7) is 6.66. The Morgan fingerprint density at radius 1 is 1.00 bits per heavy atom. The Kier molecular flexibility index (Phi) is 5.46. The number of nitrogens with zero attached hydrogens (tertiary/aromatic N) is 2. The largest absolute Gasteiger partial charge is 0.371 e. The molecule has 0 amide bonds. The van der Waals surface area contributed by atoms with E-state index in [9.17, 15) is 4.79 Å². The van der Waals surface area contributed by atoms with Gasteiger partial charge < -0.3 is 4.90 Å². The number of hydrogen-bond acceptors (Lipinski definition) is 4. The van der Waals surface area contributed by atoms with Crippen molar-refractivity contribution >= 4 is 27.2 Å². The van der Waals surface area contributed by atoms with Gasteiger partial charge in [0, 0.05) is 24.8 Å². The highest BCUT2D eigenvalue weighted by Gasteiger charge is 2.11. The van der Waals surface area contributed by atoms with Gasteiger partial charge in [-0.25, -0.2) is 4.98 Å². The van der Waals surface area contributed by atoms with Crippen LogP contribution in [0.4, 0.5) is 5.69 Å². The van der Waals surface area contributed by atoms with Crippen molar-refractivity contribution in [3.8, 4) is 10.6 Å². The third-order valence-corrected chi connectivity index (χ3v) is 5.36. The first-order valence-electron chi connectivity index (χ1n) is 8.81. The Balaban J connectivity index is 2.00. The summed E-state index contributed by atoms with van der Waals surface area (Å²) in [5, 5.41) is 0. The highest BCUT2D eigenvalue weighted by molar-refractivity contribution is 7.21. The summed E-state index contributed by atoms with van der Waals surface area (Å²) in [5.41, 5.74) is 3.21. The lowest BCUT2D eigenvalue weighted by atomic mass is 10.2. The summed E-state index contributed by atoms with van der Waals surface area (Å²) in [6, 6.07) is 11.6. The van der Waals surface area contributed by atoms with E-state index in [1.54, 1.807) is 23.5 Å². The predicted molar refractivity (Wildman–Crippen MR) is 105 cm³/mol. The van der Waals surface area contributed by atoms with E-state index in [2.05, 4.69) is 36.9 Å². The molecule has 0 radical (unpaired) electrons. The van der Waals surface area contributed by atoms with Crippen LogP contribution in [0.5, 0.6) is 0 Å². The van der Waals surface area contributed by atoms with Crippen LogP contribution in [0.15, 0.2) is 41.2 Å². The Morgan fingerprint density at radius 2 is 1.75 bits per heavy atom. The molecule has 0 atom stereocenters. The molecular weight excluding hydrogens is 316 g/mol. The number of hydrogen-bond donors (Lipinski definition) is 0. The highest BCUT2D eigenvalue weighted by atomic mass is 32.1. The maximum Gasteiger partial charge on any atom is 0.180 e. The van der Waals surface area contributed by atoms with Crippen LogP contribution in [-0.2, 0) is 0 Å². The van der Waals surface area contributed by atoms with Gasteiger partial charge in [0.1, 0.15) is 0 Å². The van der Waals surface area contributed by atoms with E-state index in [4.69, 9.17) is 4.98 Å². The monoisotopic (exact) mass is 340 g/mol. The minimum atomic E-state index is 0.0450. The van der Waals surface area contributed by atoms with E-state index in [0.717, 1.165) is 33.9 Å². The molecule has 1 aliphatic carbocycles. The second-order valence-electron chi connectivity index (χ2n) is 6.19. The first-order chi connectivity index (χ1) is 11.7. The van der Waals surface area contributed by atoms with Crippen LogP contribution < -0.4 is 10.3 Å². The lowest BCUT2D eigenvalue weighted by molar-refractivity contribution is 0.678. The number of anilines is 1. The normalized spacial score (nSPS) is 11.2. The minimum absolute atomic E-state index is 0.0450. The fraction of sp³-hybridized carbons (Fsp3) is 0.400. The van der Waals surface area contributed by atoms with Gasteiger partial charge in [-0.05, 0) is 43.2 Å². The molecule has 0 N–H and O–H groups in total. The number of unbranched alkanes of at least 4 members (excludes halogenated alkanes) is 2. The molecule has 1 aromatic rings. The zero-order chi connectivity index (χ0) is 16.9. The van der Waals surface area contributed by atoms with Crippen LogP contribution in [0.25, 0.3) is 20.8 Å². The fourth-order valence-electron chi connectivity index (χ4n) is 2.86. The fourth-order valence-corrected chi connectivity index (χ4v) is 3.89. The maximum absolute atomic E-state index is 11.6. The van der Waals surface area contributed by atoms with Crippen LogP contribution in [0.2, 0.25) is 0 Å². The third-order valence-electron chi connectivity index (χ3n) is 4.26. The molecule has 0 bridgehead atoms. The van der Waals surface area contributed by atoms with Crippen molar-refractivity contribution in [2.75, 3.05) is 18.0 Å². The SMILES string of the molecule is CCCCN(CCCC)c1ccc2nc3ccc(=O)cc-3sc2c1. The molecule has 2 aliphatic rings. The zero-order valence-corrected chi connectivity index (χ0v) is 15.2. The summed E-state index contributed by atoms with van der Waals surface area (Å²) in [5.74, 6) is 0. The maximum atomic E-state index is 11.6. The molecule has 3 rings (SSSR count). The standard InChI is InChI=1S/C20H24N2OS/c1-3-5-11-22(12-6-4-2)15-7-9-17-19(13-15)24-20-14-16(23)8-10-18(20)21-17/h7-10,13-14H,3-6,11-12H2,1-2H3. The summed E-state index contributed by atoms with van der Waals surface area (Å²) < 4.78 is 1.14. The van der Waals surface area contributed by atoms with Crippen LogP contribution in [0, 0.1) is 0 Å². The van der Waals surface area contributed by atoms with E-state index in [0.29, 0.717) is 0 Å². The van der Waals surface area contributed by atoms with Crippen LogP contribution in [0.3, 0.4) is 0 Å². The van der Waals surface area contributed by atoms with Crippen molar-refractivity contribution in [1.29, 1.82) is 0 Å². The molecular formula is C20H24N2OS. The summed E-state index contributed by atoms with van der Waals surface area (Å²) in [7, 11) is 0. The average molecular weight is 340 g/mol. The zero-order valence-electron chi connectivity index (χ0n) is 14.4. The molecule has 24 heavy (non-hydrogen) atoms. The quantitative estimate of drug-likeness (QED) is 0.556. The van der Waals surface area contributed by atoms with Crippen molar-refractivity contribution in [3.05, 3.63) is 46.6 Å². The van der Waals surface area contributed by atoms with E-state index >= 15 is 0 Å². The lowest BCUT2D eigenvalue weighted by Gasteiger charge is -2.25. The van der Waals surface area contributed by atoms with Gasteiger partial charge in [-0.15, -0.1) is 11.3 Å². The average Bonchev–Trinajstić information content (AvgIpc) is 2.59. The van der Waals surface area contributed by atoms with E-state index < -0.39 is 0 Å². The molecule has 0 saturated heterocycles. The Labute approximate surface area is 147 Å². The second-order valence-corrected chi connectivity index (χ2v) is 7.27. The second kappa shape index (κ2) is 7.75. The molecule has 0 spiro atoms. The topological polar surface area (TPSA) is 33.2 Å². The summed E-state index contributed by atoms with van der Waals surface area (Å²) in [6.07, 6.45) is 4.83. The van der Waals surface area contributed by atoms with Gasteiger partial charge in [-0.3, -0.25) is 4.79 Å². The van der Waals surface area contributed by atoms with Gasteiger partial charge in [-0.2, -0.15) is 0 Å². The minimum Gasteiger partial charge on any atom is -0.371 e. The Hall–Kier alpha value is -1.94. The molecule has 0 unspecified atom stereocenters. The third kappa shape index (κ3) is 3.75. The molecule has 1 aliphatic heterocycles. The van der Waals surface area contributed by atoms with Gasteiger partial charge in [0.15, 0.2) is 5.43 Å². The summed E-state index contributed by atoms with van der Waals surface area (Å²) in [4.78, 5) is 19.7. The van der Waals surface area contributed by atoms with Crippen molar-refractivity contribution in [1.82, 2.24) is 4.98 Å². The van der Waals surface area contributed by atoms with Crippen LogP contribution >= 0.6 is 11.3 Å². The van der Waals surface area contributed by atoms with E-state index in [1.807, 2.05) is 6.07 Å². The molecule has 4 heteroatoms. The van der Waals surface area contributed by atoms with Gasteiger partial charge in [-0.1, -0.05) is 26.7 Å². The van der Waals surface area contributed by atoms with E-state index in [1.165, 1.54) is 31.4 Å². The first-order valence-corrected chi connectivity index (χ1v) is 9.62. The summed E-state index contributed by atoms with van der Waals surface area (Å²) >= 11 is 1.66. The molecule has 0 saturated carbocycles. The smallest absolute Gasteiger partial charge is 0.180 e. The molecule has 3 nitrogen and oxygen atoms in total. The molecule has 0 fully saturated rings. The lowest BCUT2D eigenvalue weighted by Crippen LogP contribution is -2.25.